The van der Waals surface area contributed by atoms with E-state index in [1.54, 1.807) is 18.2 Å². The Bertz CT molecular complexity index is 1030. The van der Waals surface area contributed by atoms with E-state index in [-0.39, 0.29) is 24.3 Å². The van der Waals surface area contributed by atoms with E-state index in [1.165, 1.54) is 23.9 Å². The number of fused-ring (bicyclic) bond motifs is 1. The molecule has 1 fully saturated rings. The average molecular weight is 412 g/mol. The normalized spacial score (nSPS) is 14.6. The quantitative estimate of drug-likeness (QED) is 0.551. The number of nitrogens with one attached hydrogen (secondary N) is 1. The second-order valence-electron chi connectivity index (χ2n) is 6.98. The van der Waals surface area contributed by atoms with Gasteiger partial charge in [0.2, 0.25) is 0 Å². The van der Waals surface area contributed by atoms with Crippen LogP contribution in [0.5, 0.6) is 5.75 Å². The summed E-state index contributed by atoms with van der Waals surface area (Å²) >= 11 is 1.33. The van der Waals surface area contributed by atoms with Crippen LogP contribution in [0.15, 0.2) is 59.6 Å². The summed E-state index contributed by atoms with van der Waals surface area (Å²) in [6, 6.07) is 15.6. The van der Waals surface area contributed by atoms with Crippen LogP contribution in [0.4, 0.5) is 4.39 Å². The van der Waals surface area contributed by atoms with E-state index >= 15 is 0 Å². The number of nitrogens with zero attached hydrogens (tertiary/aromatic N) is 1. The maximum atomic E-state index is 13.6. The molecular formula is C22H21FN2O3S. The van der Waals surface area contributed by atoms with Gasteiger partial charge < -0.3 is 15.2 Å². The van der Waals surface area contributed by atoms with Crippen LogP contribution in [0, 0.1) is 5.82 Å². The van der Waals surface area contributed by atoms with Gasteiger partial charge in [0.05, 0.1) is 22.2 Å². The van der Waals surface area contributed by atoms with Crippen molar-refractivity contribution in [2.75, 3.05) is 12.4 Å². The van der Waals surface area contributed by atoms with E-state index in [0.29, 0.717) is 16.3 Å². The molecule has 7 heteroatoms. The lowest BCUT2D eigenvalue weighted by molar-refractivity contribution is 0.0952. The van der Waals surface area contributed by atoms with Crippen molar-refractivity contribution < 1.29 is 19.0 Å². The highest BCUT2D eigenvalue weighted by Gasteiger charge is 2.25. The molecule has 2 N–H and O–H groups in total. The fourth-order valence-corrected chi connectivity index (χ4v) is 3.70. The van der Waals surface area contributed by atoms with Crippen LogP contribution in [-0.4, -0.2) is 40.5 Å². The van der Waals surface area contributed by atoms with Crippen molar-refractivity contribution in [3.8, 4) is 5.75 Å². The minimum atomic E-state index is -0.809. The molecule has 29 heavy (non-hydrogen) atoms. The van der Waals surface area contributed by atoms with Crippen molar-refractivity contribution in [3.05, 3.63) is 66.0 Å². The molecule has 0 saturated heterocycles. The summed E-state index contributed by atoms with van der Waals surface area (Å²) in [7, 11) is 0. The Morgan fingerprint density at radius 3 is 2.79 bits per heavy atom. The minimum Gasteiger partial charge on any atom is -0.488 e. The number of amides is 1. The molecule has 150 valence electrons. The Balaban J connectivity index is 1.43. The third-order valence-corrected chi connectivity index (χ3v) is 5.60. The summed E-state index contributed by atoms with van der Waals surface area (Å²) in [5.74, 6) is -0.144. The average Bonchev–Trinajstić information content (AvgIpc) is 3.55. The number of carbonyl (C=O) groups excluding carboxylic acids is 1. The summed E-state index contributed by atoms with van der Waals surface area (Å²) in [6.07, 6.45) is 1.23. The van der Waals surface area contributed by atoms with Crippen LogP contribution in [0.1, 0.15) is 23.2 Å². The molecule has 0 bridgehead atoms. The Morgan fingerprint density at radius 2 is 2.00 bits per heavy atom. The van der Waals surface area contributed by atoms with E-state index in [0.717, 1.165) is 23.7 Å². The maximum absolute atomic E-state index is 13.6. The highest BCUT2D eigenvalue weighted by atomic mass is 32.2. The first-order valence-electron chi connectivity index (χ1n) is 9.49. The number of thioether (sulfide) groups is 1. The van der Waals surface area contributed by atoms with Crippen molar-refractivity contribution in [2.24, 2.45) is 0 Å². The lowest BCUT2D eigenvalue weighted by Crippen LogP contribution is -2.25. The Morgan fingerprint density at radius 1 is 1.24 bits per heavy atom. The van der Waals surface area contributed by atoms with Crippen molar-refractivity contribution in [1.29, 1.82) is 0 Å². The zero-order valence-corrected chi connectivity index (χ0v) is 16.5. The highest BCUT2D eigenvalue weighted by molar-refractivity contribution is 7.99. The number of benzene rings is 2. The van der Waals surface area contributed by atoms with E-state index < -0.39 is 11.9 Å². The van der Waals surface area contributed by atoms with Crippen molar-refractivity contribution in [2.45, 2.75) is 30.0 Å². The number of halogens is 1. The number of ether oxygens (including phenoxy) is 1. The molecule has 2 aromatic carbocycles. The van der Waals surface area contributed by atoms with Crippen LogP contribution in [0.3, 0.4) is 0 Å². The first-order chi connectivity index (χ1) is 14.1. The van der Waals surface area contributed by atoms with Gasteiger partial charge in [0, 0.05) is 17.2 Å². The fourth-order valence-electron chi connectivity index (χ4n) is 2.88. The van der Waals surface area contributed by atoms with E-state index in [1.807, 2.05) is 24.3 Å². The lowest BCUT2D eigenvalue weighted by atomic mass is 10.1. The van der Waals surface area contributed by atoms with Gasteiger partial charge in [-0.15, -0.1) is 11.8 Å². The molecule has 5 nitrogen and oxygen atoms in total. The molecule has 0 spiro atoms. The van der Waals surface area contributed by atoms with Crippen molar-refractivity contribution in [1.82, 2.24) is 10.3 Å². The number of aliphatic hydroxyl groups excluding tert-OH is 1. The number of aromatic nitrogens is 1. The van der Waals surface area contributed by atoms with Gasteiger partial charge in [0.25, 0.3) is 5.91 Å². The standard InChI is InChI=1S/C22H21FN2O3S/c23-18-6-2-4-8-20(18)28-12-15(26)13-29-21-11-17(22(27)24-14-9-10-14)16-5-1-3-7-19(16)25-21/h1-8,11,14-15,26H,9-10,12-13H2,(H,24,27). The number of carbonyl (C=O) groups is 1. The molecule has 3 aromatic rings. The smallest absolute Gasteiger partial charge is 0.252 e. The second kappa shape index (κ2) is 8.80. The molecule has 4 rings (SSSR count). The molecule has 1 amide bonds. The van der Waals surface area contributed by atoms with Gasteiger partial charge in [-0.1, -0.05) is 30.3 Å². The topological polar surface area (TPSA) is 71.5 Å². The monoisotopic (exact) mass is 412 g/mol. The van der Waals surface area contributed by atoms with Crippen LogP contribution in [0.25, 0.3) is 10.9 Å². The summed E-state index contributed by atoms with van der Waals surface area (Å²) in [6.45, 7) is -0.0312. The fraction of sp³-hybridized carbons (Fsp3) is 0.273. The van der Waals surface area contributed by atoms with Crippen LogP contribution < -0.4 is 10.1 Å². The number of pyridine rings is 1. The number of para-hydroxylation sites is 2. The second-order valence-corrected chi connectivity index (χ2v) is 8.02. The molecule has 1 aliphatic rings. The van der Waals surface area contributed by atoms with Crippen LogP contribution in [-0.2, 0) is 0 Å². The zero-order chi connectivity index (χ0) is 20.2. The number of rotatable bonds is 8. The van der Waals surface area contributed by atoms with Gasteiger partial charge in [-0.3, -0.25) is 4.79 Å². The molecular weight excluding hydrogens is 391 g/mol. The summed E-state index contributed by atoms with van der Waals surface area (Å²) in [4.78, 5) is 17.2. The largest absolute Gasteiger partial charge is 0.488 e. The van der Waals surface area contributed by atoms with Crippen LogP contribution in [0.2, 0.25) is 0 Å². The van der Waals surface area contributed by atoms with E-state index in [2.05, 4.69) is 10.3 Å². The SMILES string of the molecule is O=C(NC1CC1)c1cc(SCC(O)COc2ccccc2F)nc2ccccc12. The van der Waals surface area contributed by atoms with Gasteiger partial charge >= 0.3 is 0 Å². The lowest BCUT2D eigenvalue weighted by Gasteiger charge is -2.13. The molecule has 0 radical (unpaired) electrons. The van der Waals surface area contributed by atoms with E-state index in [9.17, 15) is 14.3 Å². The predicted molar refractivity (Wildman–Crippen MR) is 111 cm³/mol. The molecule has 1 saturated carbocycles. The first-order valence-corrected chi connectivity index (χ1v) is 10.5. The Kier molecular flexibility index (Phi) is 5.97. The number of hydrogen-bond acceptors (Lipinski definition) is 5. The predicted octanol–water partition coefficient (Wildman–Crippen LogP) is 3.80. The van der Waals surface area contributed by atoms with Gasteiger partial charge in [0.15, 0.2) is 11.6 Å². The van der Waals surface area contributed by atoms with Gasteiger partial charge in [-0.25, -0.2) is 9.37 Å². The molecule has 1 unspecified atom stereocenters. The Hall–Kier alpha value is -2.64. The summed E-state index contributed by atoms with van der Waals surface area (Å²) in [5, 5.41) is 14.7. The summed E-state index contributed by atoms with van der Waals surface area (Å²) < 4.78 is 18.9. The number of aliphatic hydroxyl groups is 1. The van der Waals surface area contributed by atoms with Gasteiger partial charge in [-0.2, -0.15) is 0 Å². The molecule has 1 aromatic heterocycles. The molecule has 1 aliphatic carbocycles. The highest BCUT2D eigenvalue weighted by Crippen LogP contribution is 2.26. The third-order valence-electron chi connectivity index (χ3n) is 4.54. The van der Waals surface area contributed by atoms with Gasteiger partial charge in [0.1, 0.15) is 6.61 Å². The molecule has 1 heterocycles. The minimum absolute atomic E-state index is 0.0312. The summed E-state index contributed by atoms with van der Waals surface area (Å²) in [5.41, 5.74) is 1.32. The first kappa shape index (κ1) is 19.7. The maximum Gasteiger partial charge on any atom is 0.252 e. The number of hydrogen-bond donors (Lipinski definition) is 2. The molecule has 1 atom stereocenters. The Labute approximate surface area is 172 Å². The third kappa shape index (κ3) is 5.05. The van der Waals surface area contributed by atoms with Crippen molar-refractivity contribution >= 4 is 28.6 Å². The van der Waals surface area contributed by atoms with Crippen molar-refractivity contribution in [3.63, 3.8) is 0 Å². The zero-order valence-electron chi connectivity index (χ0n) is 15.7. The van der Waals surface area contributed by atoms with Gasteiger partial charge in [-0.05, 0) is 37.1 Å². The molecule has 0 aliphatic heterocycles. The van der Waals surface area contributed by atoms with Crippen LogP contribution >= 0.6 is 11.8 Å². The van der Waals surface area contributed by atoms with E-state index in [4.69, 9.17) is 4.74 Å².